The summed E-state index contributed by atoms with van der Waals surface area (Å²) in [7, 11) is 4.62. The normalized spacial score (nSPS) is 16.1. The van der Waals surface area contributed by atoms with Gasteiger partial charge in [0.05, 0.1) is 7.11 Å². The third-order valence-corrected chi connectivity index (χ3v) is 4.45. The molecular formula is C17H26N4O5. The van der Waals surface area contributed by atoms with E-state index in [-0.39, 0.29) is 17.9 Å². The molecule has 0 aromatic carbocycles. The predicted molar refractivity (Wildman–Crippen MR) is 92.8 cm³/mol. The number of oxazole rings is 1. The zero-order valence-electron chi connectivity index (χ0n) is 15.9. The molecule has 9 nitrogen and oxygen atoms in total. The van der Waals surface area contributed by atoms with Gasteiger partial charge in [-0.2, -0.15) is 0 Å². The van der Waals surface area contributed by atoms with E-state index in [4.69, 9.17) is 4.42 Å². The van der Waals surface area contributed by atoms with Crippen molar-refractivity contribution in [3.63, 3.8) is 0 Å². The summed E-state index contributed by atoms with van der Waals surface area (Å²) in [6.07, 6.45) is 1.35. The maximum Gasteiger partial charge on any atom is 0.328 e. The monoisotopic (exact) mass is 366 g/mol. The average Bonchev–Trinajstić information content (AvgIpc) is 3.01. The minimum absolute atomic E-state index is 0.0551. The van der Waals surface area contributed by atoms with Crippen molar-refractivity contribution < 1.29 is 23.5 Å². The van der Waals surface area contributed by atoms with Crippen molar-refractivity contribution in [2.75, 3.05) is 34.3 Å². The Labute approximate surface area is 152 Å². The molecule has 0 bridgehead atoms. The molecule has 1 atom stereocenters. The molecule has 144 valence electrons. The van der Waals surface area contributed by atoms with Crippen molar-refractivity contribution in [1.29, 1.82) is 0 Å². The largest absolute Gasteiger partial charge is 0.467 e. The molecule has 1 aromatic heterocycles. The molecule has 1 aromatic rings. The summed E-state index contributed by atoms with van der Waals surface area (Å²) in [6.45, 7) is 4.34. The van der Waals surface area contributed by atoms with Gasteiger partial charge in [-0.1, -0.05) is 0 Å². The quantitative estimate of drug-likeness (QED) is 0.801. The number of nitrogens with zero attached hydrogens (tertiary/aromatic N) is 3. The van der Waals surface area contributed by atoms with Crippen molar-refractivity contribution in [1.82, 2.24) is 20.1 Å². The number of urea groups is 1. The molecule has 1 saturated heterocycles. The van der Waals surface area contributed by atoms with Crippen molar-refractivity contribution in [3.05, 3.63) is 17.3 Å². The van der Waals surface area contributed by atoms with E-state index in [1.807, 2.05) is 0 Å². The number of nitrogens with one attached hydrogen (secondary N) is 1. The summed E-state index contributed by atoms with van der Waals surface area (Å²) < 4.78 is 10.3. The first-order valence-electron chi connectivity index (χ1n) is 8.56. The van der Waals surface area contributed by atoms with Crippen molar-refractivity contribution in [2.24, 2.45) is 0 Å². The number of methoxy groups -OCH3 is 1. The van der Waals surface area contributed by atoms with Gasteiger partial charge in [0.15, 0.2) is 11.6 Å². The van der Waals surface area contributed by atoms with Crippen LogP contribution in [-0.2, 0) is 9.53 Å². The van der Waals surface area contributed by atoms with Crippen molar-refractivity contribution in [3.8, 4) is 0 Å². The van der Waals surface area contributed by atoms with E-state index < -0.39 is 12.0 Å². The Morgan fingerprint density at radius 2 is 1.92 bits per heavy atom. The molecule has 2 rings (SSSR count). The Balaban J connectivity index is 1.94. The summed E-state index contributed by atoms with van der Waals surface area (Å²) in [6, 6.07) is -0.993. The minimum Gasteiger partial charge on any atom is -0.467 e. The molecule has 26 heavy (non-hydrogen) atoms. The Morgan fingerprint density at radius 1 is 1.31 bits per heavy atom. The molecule has 0 saturated carbocycles. The first-order chi connectivity index (χ1) is 12.2. The van der Waals surface area contributed by atoms with E-state index in [9.17, 15) is 14.4 Å². The van der Waals surface area contributed by atoms with E-state index in [0.717, 1.165) is 0 Å². The first-order valence-corrected chi connectivity index (χ1v) is 8.56. The average molecular weight is 366 g/mol. The summed E-state index contributed by atoms with van der Waals surface area (Å²) in [5.74, 6) is 0.425. The van der Waals surface area contributed by atoms with Crippen LogP contribution in [0.1, 0.15) is 47.8 Å². The Hall–Kier alpha value is -2.58. The number of esters is 1. The summed E-state index contributed by atoms with van der Waals surface area (Å²) in [5, 5.41) is 2.62. The van der Waals surface area contributed by atoms with Crippen LogP contribution < -0.4 is 5.32 Å². The number of hydrogen-bond donors (Lipinski definition) is 1. The third-order valence-electron chi connectivity index (χ3n) is 4.45. The Kier molecular flexibility index (Phi) is 6.23. The van der Waals surface area contributed by atoms with Crippen LogP contribution in [0.3, 0.4) is 0 Å². The third kappa shape index (κ3) is 4.33. The molecule has 3 amide bonds. The molecule has 0 radical (unpaired) electrons. The molecule has 1 fully saturated rings. The highest BCUT2D eigenvalue weighted by atomic mass is 16.5. The van der Waals surface area contributed by atoms with Crippen molar-refractivity contribution >= 4 is 17.9 Å². The zero-order chi connectivity index (χ0) is 19.4. The molecule has 0 spiro atoms. The lowest BCUT2D eigenvalue weighted by Gasteiger charge is -2.31. The molecule has 1 unspecified atom stereocenters. The molecule has 1 N–H and O–H groups in total. The maximum absolute atomic E-state index is 12.2. The van der Waals surface area contributed by atoms with Crippen LogP contribution in [0, 0.1) is 6.92 Å². The number of aromatic nitrogens is 1. The molecule has 1 aliphatic rings. The fraction of sp³-hybridized carbons (Fsp3) is 0.647. The van der Waals surface area contributed by atoms with Crippen LogP contribution in [0.2, 0.25) is 0 Å². The van der Waals surface area contributed by atoms with Gasteiger partial charge < -0.3 is 24.3 Å². The van der Waals surface area contributed by atoms with Gasteiger partial charge in [-0.05, 0) is 26.7 Å². The van der Waals surface area contributed by atoms with E-state index >= 15 is 0 Å². The van der Waals surface area contributed by atoms with Gasteiger partial charge >= 0.3 is 12.0 Å². The van der Waals surface area contributed by atoms with Crippen LogP contribution in [-0.4, -0.2) is 73.0 Å². The molecule has 2 heterocycles. The van der Waals surface area contributed by atoms with Crippen LogP contribution >= 0.6 is 0 Å². The van der Waals surface area contributed by atoms with Gasteiger partial charge in [0.25, 0.3) is 5.91 Å². The van der Waals surface area contributed by atoms with Crippen LogP contribution in [0.5, 0.6) is 0 Å². The second-order valence-electron chi connectivity index (χ2n) is 6.61. The fourth-order valence-electron chi connectivity index (χ4n) is 2.84. The van der Waals surface area contributed by atoms with Gasteiger partial charge in [0, 0.05) is 33.1 Å². The standard InChI is InChI=1S/C17H26N4O5/c1-10(16(23)25-5)18-17(24)21-8-6-12(7-9-21)14-19-13(11(2)26-14)15(22)20(3)4/h10,12H,6-9H2,1-5H3,(H,18,24). The topological polar surface area (TPSA) is 105 Å². The number of rotatable bonds is 4. The first kappa shape index (κ1) is 19.7. The summed E-state index contributed by atoms with van der Waals surface area (Å²) >= 11 is 0. The Morgan fingerprint density at radius 3 is 2.46 bits per heavy atom. The van der Waals surface area contributed by atoms with E-state index in [1.54, 1.807) is 32.8 Å². The lowest BCUT2D eigenvalue weighted by molar-refractivity contribution is -0.142. The number of hydrogen-bond acceptors (Lipinski definition) is 6. The molecular weight excluding hydrogens is 340 g/mol. The molecule has 1 aliphatic heterocycles. The van der Waals surface area contributed by atoms with Crippen LogP contribution in [0.15, 0.2) is 4.42 Å². The fourth-order valence-corrected chi connectivity index (χ4v) is 2.84. The second-order valence-corrected chi connectivity index (χ2v) is 6.61. The zero-order valence-corrected chi connectivity index (χ0v) is 15.9. The van der Waals surface area contributed by atoms with Gasteiger partial charge in [-0.25, -0.2) is 14.6 Å². The highest BCUT2D eigenvalue weighted by Gasteiger charge is 2.30. The van der Waals surface area contributed by atoms with Gasteiger partial charge in [-0.15, -0.1) is 0 Å². The van der Waals surface area contributed by atoms with E-state index in [2.05, 4.69) is 15.0 Å². The lowest BCUT2D eigenvalue weighted by Crippen LogP contribution is -2.49. The Bertz CT molecular complexity index is 677. The van der Waals surface area contributed by atoms with E-state index in [1.165, 1.54) is 12.0 Å². The number of aryl methyl sites for hydroxylation is 1. The molecule has 9 heteroatoms. The van der Waals surface area contributed by atoms with Gasteiger partial charge in [0.1, 0.15) is 11.8 Å². The predicted octanol–water partition coefficient (Wildman–Crippen LogP) is 1.14. The summed E-state index contributed by atoms with van der Waals surface area (Å²) in [4.78, 5) is 43.2. The SMILES string of the molecule is COC(=O)C(C)NC(=O)N1CCC(c2nc(C(=O)N(C)C)c(C)o2)CC1. The van der Waals surface area contributed by atoms with Crippen LogP contribution in [0.25, 0.3) is 0 Å². The number of piperidine rings is 1. The van der Waals surface area contributed by atoms with Crippen LogP contribution in [0.4, 0.5) is 4.79 Å². The van der Waals surface area contributed by atoms with Gasteiger partial charge in [0.2, 0.25) is 0 Å². The number of carbonyl (C=O) groups excluding carboxylic acids is 3. The maximum atomic E-state index is 12.2. The number of ether oxygens (including phenoxy) is 1. The lowest BCUT2D eigenvalue weighted by atomic mass is 9.97. The van der Waals surface area contributed by atoms with Gasteiger partial charge in [-0.3, -0.25) is 4.79 Å². The highest BCUT2D eigenvalue weighted by Crippen LogP contribution is 2.29. The van der Waals surface area contributed by atoms with Crippen molar-refractivity contribution in [2.45, 2.75) is 38.6 Å². The smallest absolute Gasteiger partial charge is 0.328 e. The van der Waals surface area contributed by atoms with E-state index in [0.29, 0.717) is 43.3 Å². The second kappa shape index (κ2) is 8.20. The number of amides is 3. The summed E-state index contributed by atoms with van der Waals surface area (Å²) in [5.41, 5.74) is 0.331. The number of likely N-dealkylation sites (tertiary alicyclic amines) is 1. The number of carbonyl (C=O) groups is 3. The molecule has 0 aliphatic carbocycles. The highest BCUT2D eigenvalue weighted by molar-refractivity contribution is 5.92. The minimum atomic E-state index is -0.695.